The molecule has 0 bridgehead atoms. The van der Waals surface area contributed by atoms with E-state index in [-0.39, 0.29) is 41.5 Å². The molecule has 1 saturated heterocycles. The second-order valence-electron chi connectivity index (χ2n) is 9.23. The molecule has 4 rings (SSSR count). The molecule has 0 saturated carbocycles. The van der Waals surface area contributed by atoms with Gasteiger partial charge in [-0.3, -0.25) is 24.6 Å². The average Bonchev–Trinajstić information content (AvgIpc) is 3.15. The predicted octanol–water partition coefficient (Wildman–Crippen LogP) is 7.48. The highest BCUT2D eigenvalue weighted by molar-refractivity contribution is 9.10. The summed E-state index contributed by atoms with van der Waals surface area (Å²) in [5.41, 5.74) is 3.08. The molecule has 8 nitrogen and oxygen atoms in total. The third kappa shape index (κ3) is 6.88. The Labute approximate surface area is 239 Å². The Morgan fingerprint density at radius 2 is 1.82 bits per heavy atom. The summed E-state index contributed by atoms with van der Waals surface area (Å²) in [7, 11) is 0. The summed E-state index contributed by atoms with van der Waals surface area (Å²) in [4.78, 5) is 38.1. The number of imide groups is 1. The molecule has 0 aromatic heterocycles. The van der Waals surface area contributed by atoms with E-state index in [0.29, 0.717) is 16.9 Å². The van der Waals surface area contributed by atoms with Crippen LogP contribution in [-0.4, -0.2) is 34.1 Å². The van der Waals surface area contributed by atoms with Gasteiger partial charge in [-0.15, -0.1) is 0 Å². The number of para-hydroxylation sites is 1. The van der Waals surface area contributed by atoms with E-state index in [4.69, 9.17) is 9.47 Å². The summed E-state index contributed by atoms with van der Waals surface area (Å²) in [5, 5.41) is 11.0. The molecule has 1 aliphatic heterocycles. The van der Waals surface area contributed by atoms with Gasteiger partial charge >= 0.3 is 0 Å². The molecule has 0 unspecified atom stereocenters. The van der Waals surface area contributed by atoms with Crippen LogP contribution in [0.2, 0.25) is 0 Å². The van der Waals surface area contributed by atoms with Gasteiger partial charge in [0.15, 0.2) is 0 Å². The van der Waals surface area contributed by atoms with Crippen molar-refractivity contribution in [3.8, 4) is 11.5 Å². The van der Waals surface area contributed by atoms with Crippen LogP contribution in [0.25, 0.3) is 6.08 Å². The first-order valence-corrected chi connectivity index (χ1v) is 13.9. The Kier molecular flexibility index (Phi) is 9.08. The van der Waals surface area contributed by atoms with Crippen molar-refractivity contribution in [2.24, 2.45) is 0 Å². The number of carbonyl (C=O) groups is 2. The highest BCUT2D eigenvalue weighted by atomic mass is 79.9. The smallest absolute Gasteiger partial charge is 0.293 e. The van der Waals surface area contributed by atoms with E-state index in [1.165, 1.54) is 11.0 Å². The molecule has 0 atom stereocenters. The lowest BCUT2D eigenvalue weighted by molar-refractivity contribution is -0.385. The Balaban J connectivity index is 1.47. The number of aryl methyl sites for hydroxylation is 1. The normalized spacial score (nSPS) is 14.4. The summed E-state index contributed by atoms with van der Waals surface area (Å²) < 4.78 is 12.6. The van der Waals surface area contributed by atoms with Gasteiger partial charge in [0, 0.05) is 16.1 Å². The first-order valence-electron chi connectivity index (χ1n) is 12.3. The molecule has 0 N–H and O–H groups in total. The fraction of sp³-hybridized carbons (Fsp3) is 0.241. The molecule has 1 fully saturated rings. The number of halogens is 1. The topological polar surface area (TPSA) is 99.0 Å². The van der Waals surface area contributed by atoms with Gasteiger partial charge in [-0.25, -0.2) is 0 Å². The highest BCUT2D eigenvalue weighted by Gasteiger charge is 2.35. The SMILES string of the molecule is Cc1ccc(C(C)C)c(OCCN2C(=O)S/C(=C\c3cc(Br)ccc3OCc3ccccc3[N+](=O)[O-])C2=O)c1. The van der Waals surface area contributed by atoms with Gasteiger partial charge in [0.05, 0.1) is 21.9 Å². The molecule has 2 amide bonds. The molecule has 1 heterocycles. The van der Waals surface area contributed by atoms with Crippen molar-refractivity contribution in [2.75, 3.05) is 13.2 Å². The Morgan fingerprint density at radius 3 is 2.56 bits per heavy atom. The average molecular weight is 612 g/mol. The first kappa shape index (κ1) is 28.4. The third-order valence-electron chi connectivity index (χ3n) is 6.07. The largest absolute Gasteiger partial charge is 0.491 e. The summed E-state index contributed by atoms with van der Waals surface area (Å²) in [5.74, 6) is 1.04. The van der Waals surface area contributed by atoms with E-state index in [2.05, 4.69) is 29.8 Å². The van der Waals surface area contributed by atoms with E-state index >= 15 is 0 Å². The maximum atomic E-state index is 13.1. The molecule has 0 spiro atoms. The zero-order chi connectivity index (χ0) is 28.1. The first-order chi connectivity index (χ1) is 18.6. The van der Waals surface area contributed by atoms with E-state index in [1.807, 2.05) is 25.1 Å². The minimum absolute atomic E-state index is 0.0320. The maximum absolute atomic E-state index is 13.1. The van der Waals surface area contributed by atoms with Gasteiger partial charge in [-0.1, -0.05) is 54.0 Å². The molecule has 1 aliphatic rings. The number of nitro benzene ring substituents is 1. The van der Waals surface area contributed by atoms with Gasteiger partial charge < -0.3 is 9.47 Å². The summed E-state index contributed by atoms with van der Waals surface area (Å²) in [6.07, 6.45) is 1.60. The van der Waals surface area contributed by atoms with Crippen LogP contribution in [0, 0.1) is 17.0 Å². The van der Waals surface area contributed by atoms with Crippen LogP contribution >= 0.6 is 27.7 Å². The van der Waals surface area contributed by atoms with E-state index in [9.17, 15) is 19.7 Å². The number of hydrogen-bond donors (Lipinski definition) is 0. The zero-order valence-corrected chi connectivity index (χ0v) is 24.1. The number of hydrogen-bond acceptors (Lipinski definition) is 7. The number of nitrogens with zero attached hydrogens (tertiary/aromatic N) is 2. The number of benzene rings is 3. The molecule has 10 heteroatoms. The van der Waals surface area contributed by atoms with Gasteiger partial charge in [0.25, 0.3) is 16.8 Å². The van der Waals surface area contributed by atoms with Crippen LogP contribution in [0.5, 0.6) is 11.5 Å². The fourth-order valence-corrected chi connectivity index (χ4v) is 5.29. The van der Waals surface area contributed by atoms with Crippen molar-refractivity contribution in [1.82, 2.24) is 4.90 Å². The van der Waals surface area contributed by atoms with Crippen LogP contribution in [0.3, 0.4) is 0 Å². The second kappa shape index (κ2) is 12.5. The molecular weight excluding hydrogens is 584 g/mol. The Morgan fingerprint density at radius 1 is 1.05 bits per heavy atom. The van der Waals surface area contributed by atoms with Crippen molar-refractivity contribution < 1.29 is 24.0 Å². The minimum atomic E-state index is -0.455. The lowest BCUT2D eigenvalue weighted by Crippen LogP contribution is -2.32. The monoisotopic (exact) mass is 610 g/mol. The lowest BCUT2D eigenvalue weighted by Gasteiger charge is -2.17. The minimum Gasteiger partial charge on any atom is -0.491 e. The number of rotatable bonds is 10. The predicted molar refractivity (Wildman–Crippen MR) is 155 cm³/mol. The van der Waals surface area contributed by atoms with Gasteiger partial charge in [-0.05, 0) is 72.1 Å². The van der Waals surface area contributed by atoms with Gasteiger partial charge in [0.1, 0.15) is 24.7 Å². The lowest BCUT2D eigenvalue weighted by atomic mass is 10.0. The van der Waals surface area contributed by atoms with Crippen molar-refractivity contribution in [3.63, 3.8) is 0 Å². The summed E-state index contributed by atoms with van der Waals surface area (Å²) in [6.45, 7) is 6.41. The quantitative estimate of drug-likeness (QED) is 0.133. The van der Waals surface area contributed by atoms with Crippen molar-refractivity contribution in [3.05, 3.63) is 102 Å². The van der Waals surface area contributed by atoms with Crippen LogP contribution in [-0.2, 0) is 11.4 Å². The standard InChI is InChI=1S/C29H27BrN2O6S/c1-18(2)23-10-8-19(3)14-26(23)37-13-12-31-28(33)27(39-29(31)34)16-21-15-22(30)9-11-25(21)38-17-20-6-4-5-7-24(20)32(35)36/h4-11,14-16,18H,12-13,17H2,1-3H3/b27-16-. The number of carbonyl (C=O) groups excluding carboxylic acids is 2. The number of ether oxygens (including phenoxy) is 2. The van der Waals surface area contributed by atoms with Crippen LogP contribution in [0.4, 0.5) is 10.5 Å². The molecule has 202 valence electrons. The van der Waals surface area contributed by atoms with E-state index in [1.54, 1.807) is 42.5 Å². The Hall–Kier alpha value is -3.63. The molecule has 0 radical (unpaired) electrons. The third-order valence-corrected chi connectivity index (χ3v) is 7.47. The van der Waals surface area contributed by atoms with Crippen molar-refractivity contribution in [1.29, 1.82) is 0 Å². The summed E-state index contributed by atoms with van der Waals surface area (Å²) >= 11 is 4.28. The Bertz CT molecular complexity index is 1460. The highest BCUT2D eigenvalue weighted by Crippen LogP contribution is 2.35. The van der Waals surface area contributed by atoms with E-state index < -0.39 is 10.8 Å². The second-order valence-corrected chi connectivity index (χ2v) is 11.1. The van der Waals surface area contributed by atoms with Gasteiger partial charge in [-0.2, -0.15) is 0 Å². The maximum Gasteiger partial charge on any atom is 0.293 e. The van der Waals surface area contributed by atoms with Crippen molar-refractivity contribution in [2.45, 2.75) is 33.3 Å². The molecule has 39 heavy (non-hydrogen) atoms. The van der Waals surface area contributed by atoms with Crippen LogP contribution in [0.15, 0.2) is 70.0 Å². The molecular formula is C29H27BrN2O6S. The molecule has 3 aromatic carbocycles. The van der Waals surface area contributed by atoms with E-state index in [0.717, 1.165) is 33.1 Å². The van der Waals surface area contributed by atoms with Crippen LogP contribution in [0.1, 0.15) is 42.0 Å². The number of thioether (sulfide) groups is 1. The number of amides is 2. The molecule has 3 aromatic rings. The van der Waals surface area contributed by atoms with Crippen molar-refractivity contribution >= 4 is 50.6 Å². The summed E-state index contributed by atoms with van der Waals surface area (Å²) in [6, 6.07) is 17.6. The number of nitro groups is 1. The molecule has 0 aliphatic carbocycles. The zero-order valence-electron chi connectivity index (χ0n) is 21.7. The fourth-order valence-electron chi connectivity index (χ4n) is 4.05. The van der Waals surface area contributed by atoms with Gasteiger partial charge in [0.2, 0.25) is 0 Å². The van der Waals surface area contributed by atoms with Crippen LogP contribution < -0.4 is 9.47 Å².